The normalized spacial score (nSPS) is 19.0. The van der Waals surface area contributed by atoms with Gasteiger partial charge in [0.05, 0.1) is 5.01 Å². The first kappa shape index (κ1) is 15.0. The predicted octanol–water partition coefficient (Wildman–Crippen LogP) is 2.18. The number of aromatic nitrogens is 1. The van der Waals surface area contributed by atoms with Gasteiger partial charge >= 0.3 is 5.97 Å². The average molecular weight is 296 g/mol. The summed E-state index contributed by atoms with van der Waals surface area (Å²) in [5.74, 6) is -0.249. The topological polar surface area (TPSA) is 70.5 Å². The number of hydrogen-bond acceptors (Lipinski definition) is 4. The molecule has 110 valence electrons. The van der Waals surface area contributed by atoms with Crippen molar-refractivity contribution in [3.05, 3.63) is 16.6 Å². The standard InChI is InChI=1S/C14H20N2O3S/c17-13(5-4-12-15-7-9-20-12)16-8-1-2-11(10-16)3-6-14(18)19/h7,9,11H,1-6,8,10H2,(H,18,19). The number of aliphatic carboxylic acids is 1. The molecule has 5 nitrogen and oxygen atoms in total. The van der Waals surface area contributed by atoms with Crippen molar-refractivity contribution in [2.24, 2.45) is 5.92 Å². The molecule has 1 fully saturated rings. The van der Waals surface area contributed by atoms with Gasteiger partial charge in [0.2, 0.25) is 5.91 Å². The van der Waals surface area contributed by atoms with Crippen LogP contribution in [0.25, 0.3) is 0 Å². The van der Waals surface area contributed by atoms with E-state index in [0.29, 0.717) is 31.7 Å². The van der Waals surface area contributed by atoms with Gasteiger partial charge in [0.25, 0.3) is 0 Å². The zero-order valence-electron chi connectivity index (χ0n) is 11.5. The van der Waals surface area contributed by atoms with Gasteiger partial charge in [-0.1, -0.05) is 0 Å². The smallest absolute Gasteiger partial charge is 0.303 e. The van der Waals surface area contributed by atoms with Crippen molar-refractivity contribution >= 4 is 23.2 Å². The molecule has 1 aliphatic heterocycles. The van der Waals surface area contributed by atoms with Crippen LogP contribution < -0.4 is 0 Å². The Hall–Kier alpha value is -1.43. The minimum absolute atomic E-state index is 0.167. The number of thiazole rings is 1. The highest BCUT2D eigenvalue weighted by Crippen LogP contribution is 2.22. The van der Waals surface area contributed by atoms with Crippen LogP contribution in [0.4, 0.5) is 0 Å². The van der Waals surface area contributed by atoms with E-state index in [1.807, 2.05) is 10.3 Å². The molecule has 1 aromatic heterocycles. The maximum absolute atomic E-state index is 12.2. The fourth-order valence-corrected chi connectivity index (χ4v) is 3.22. The third-order valence-electron chi connectivity index (χ3n) is 3.67. The average Bonchev–Trinajstić information content (AvgIpc) is 2.96. The lowest BCUT2D eigenvalue weighted by Gasteiger charge is -2.32. The summed E-state index contributed by atoms with van der Waals surface area (Å²) >= 11 is 1.58. The molecule has 20 heavy (non-hydrogen) atoms. The molecular weight excluding hydrogens is 276 g/mol. The van der Waals surface area contributed by atoms with Crippen LogP contribution >= 0.6 is 11.3 Å². The summed E-state index contributed by atoms with van der Waals surface area (Å²) in [7, 11) is 0. The fourth-order valence-electron chi connectivity index (χ4n) is 2.60. The van der Waals surface area contributed by atoms with Crippen LogP contribution in [0.1, 0.15) is 37.1 Å². The number of rotatable bonds is 6. The van der Waals surface area contributed by atoms with Gasteiger partial charge in [-0.15, -0.1) is 11.3 Å². The van der Waals surface area contributed by atoms with Gasteiger partial charge in [-0.25, -0.2) is 4.98 Å². The third kappa shape index (κ3) is 4.59. The molecule has 1 atom stereocenters. The maximum atomic E-state index is 12.2. The Balaban J connectivity index is 1.76. The van der Waals surface area contributed by atoms with Gasteiger partial charge < -0.3 is 10.0 Å². The van der Waals surface area contributed by atoms with E-state index in [9.17, 15) is 9.59 Å². The Bertz CT molecular complexity index is 447. The number of carbonyl (C=O) groups excluding carboxylic acids is 1. The van der Waals surface area contributed by atoms with E-state index in [-0.39, 0.29) is 12.3 Å². The molecule has 1 saturated heterocycles. The SMILES string of the molecule is O=C(O)CCC1CCCN(C(=O)CCc2nccs2)C1. The first-order chi connectivity index (χ1) is 9.65. The molecule has 1 N–H and O–H groups in total. The molecule has 0 aliphatic carbocycles. The molecule has 6 heteroatoms. The summed E-state index contributed by atoms with van der Waals surface area (Å²) in [4.78, 5) is 28.8. The zero-order valence-corrected chi connectivity index (χ0v) is 12.3. The Morgan fingerprint density at radius 1 is 1.45 bits per heavy atom. The summed E-state index contributed by atoms with van der Waals surface area (Å²) in [5.41, 5.74) is 0. The lowest BCUT2D eigenvalue weighted by Crippen LogP contribution is -2.40. The molecule has 0 saturated carbocycles. The third-order valence-corrected chi connectivity index (χ3v) is 4.51. The molecule has 1 amide bonds. The van der Waals surface area contributed by atoms with Crippen molar-refractivity contribution < 1.29 is 14.7 Å². The molecule has 0 radical (unpaired) electrons. The highest BCUT2D eigenvalue weighted by atomic mass is 32.1. The molecule has 0 aromatic carbocycles. The maximum Gasteiger partial charge on any atom is 0.303 e. The molecule has 2 heterocycles. The van der Waals surface area contributed by atoms with Crippen LogP contribution in [0.15, 0.2) is 11.6 Å². The van der Waals surface area contributed by atoms with E-state index in [2.05, 4.69) is 4.98 Å². The minimum Gasteiger partial charge on any atom is -0.481 e. The molecule has 1 unspecified atom stereocenters. The van der Waals surface area contributed by atoms with Gasteiger partial charge in [-0.2, -0.15) is 0 Å². The van der Waals surface area contributed by atoms with E-state index in [0.717, 1.165) is 24.4 Å². The highest BCUT2D eigenvalue weighted by molar-refractivity contribution is 7.09. The van der Waals surface area contributed by atoms with Gasteiger partial charge in [0.15, 0.2) is 0 Å². The number of carboxylic acids is 1. The second-order valence-electron chi connectivity index (χ2n) is 5.21. The Kier molecular flexibility index (Phi) is 5.52. The zero-order chi connectivity index (χ0) is 14.4. The van der Waals surface area contributed by atoms with E-state index < -0.39 is 5.97 Å². The highest BCUT2D eigenvalue weighted by Gasteiger charge is 2.23. The lowest BCUT2D eigenvalue weighted by atomic mass is 9.93. The van der Waals surface area contributed by atoms with E-state index in [4.69, 9.17) is 5.11 Å². The molecule has 2 rings (SSSR count). The predicted molar refractivity (Wildman–Crippen MR) is 76.6 cm³/mol. The first-order valence-electron chi connectivity index (χ1n) is 7.03. The Morgan fingerprint density at radius 3 is 3.00 bits per heavy atom. The first-order valence-corrected chi connectivity index (χ1v) is 7.91. The van der Waals surface area contributed by atoms with E-state index in [1.165, 1.54) is 0 Å². The monoisotopic (exact) mass is 296 g/mol. The number of nitrogens with zero attached hydrogens (tertiary/aromatic N) is 2. The number of aryl methyl sites for hydroxylation is 1. The van der Waals surface area contributed by atoms with E-state index in [1.54, 1.807) is 17.5 Å². The van der Waals surface area contributed by atoms with Crippen LogP contribution in [-0.4, -0.2) is 40.0 Å². The van der Waals surface area contributed by atoms with E-state index >= 15 is 0 Å². The van der Waals surface area contributed by atoms with Crippen molar-refractivity contribution in [3.8, 4) is 0 Å². The van der Waals surface area contributed by atoms with Crippen LogP contribution in [-0.2, 0) is 16.0 Å². The molecule has 0 spiro atoms. The molecular formula is C14H20N2O3S. The number of hydrogen-bond donors (Lipinski definition) is 1. The fraction of sp³-hybridized carbons (Fsp3) is 0.643. The van der Waals surface area contributed by atoms with Crippen LogP contribution in [0, 0.1) is 5.92 Å². The summed E-state index contributed by atoms with van der Waals surface area (Å²) in [6, 6.07) is 0. The number of likely N-dealkylation sites (tertiary alicyclic amines) is 1. The van der Waals surface area contributed by atoms with Crippen molar-refractivity contribution in [1.29, 1.82) is 0 Å². The number of amides is 1. The van der Waals surface area contributed by atoms with Crippen LogP contribution in [0.3, 0.4) is 0 Å². The lowest BCUT2D eigenvalue weighted by molar-refractivity contribution is -0.137. The Labute approximate surface area is 122 Å². The van der Waals surface area contributed by atoms with Gasteiger partial charge in [-0.05, 0) is 25.2 Å². The van der Waals surface area contributed by atoms with Gasteiger partial charge in [0.1, 0.15) is 0 Å². The second kappa shape index (κ2) is 7.38. The number of carbonyl (C=O) groups is 2. The number of piperidine rings is 1. The van der Waals surface area contributed by atoms with Crippen molar-refractivity contribution in [2.45, 2.75) is 38.5 Å². The molecule has 1 aliphatic rings. The van der Waals surface area contributed by atoms with Crippen molar-refractivity contribution in [3.63, 3.8) is 0 Å². The molecule has 0 bridgehead atoms. The van der Waals surface area contributed by atoms with Gasteiger partial charge in [0, 0.05) is 43.9 Å². The van der Waals surface area contributed by atoms with Crippen LogP contribution in [0.5, 0.6) is 0 Å². The minimum atomic E-state index is -0.753. The summed E-state index contributed by atoms with van der Waals surface area (Å²) < 4.78 is 0. The Morgan fingerprint density at radius 2 is 2.30 bits per heavy atom. The summed E-state index contributed by atoms with van der Waals surface area (Å²) in [5, 5.41) is 11.6. The number of carboxylic acid groups (broad SMARTS) is 1. The second-order valence-corrected chi connectivity index (χ2v) is 6.19. The van der Waals surface area contributed by atoms with Gasteiger partial charge in [-0.3, -0.25) is 9.59 Å². The van der Waals surface area contributed by atoms with Crippen LogP contribution in [0.2, 0.25) is 0 Å². The summed E-state index contributed by atoms with van der Waals surface area (Å²) in [6.45, 7) is 1.52. The quantitative estimate of drug-likeness (QED) is 0.873. The largest absolute Gasteiger partial charge is 0.481 e. The summed E-state index contributed by atoms with van der Waals surface area (Å²) in [6.07, 6.45) is 5.84. The van der Waals surface area contributed by atoms with Crippen molar-refractivity contribution in [1.82, 2.24) is 9.88 Å². The molecule has 1 aromatic rings. The van der Waals surface area contributed by atoms with Crippen molar-refractivity contribution in [2.75, 3.05) is 13.1 Å².